The lowest BCUT2D eigenvalue weighted by Gasteiger charge is -2.31. The molecule has 6 nitrogen and oxygen atoms in total. The number of carbonyl (C=O) groups excluding carboxylic acids is 1. The smallest absolute Gasteiger partial charge is 0.340 e. The molecule has 0 saturated carbocycles. The summed E-state index contributed by atoms with van der Waals surface area (Å²) < 4.78 is 9.97. The fourth-order valence-corrected chi connectivity index (χ4v) is 1.99. The van der Waals surface area contributed by atoms with Gasteiger partial charge in [-0.3, -0.25) is 0 Å². The number of morpholine rings is 1. The molecular formula is C13H15N3O3. The molecule has 0 amide bonds. The lowest BCUT2D eigenvalue weighted by Crippen LogP contribution is -2.41. The van der Waals surface area contributed by atoms with Gasteiger partial charge in [-0.15, -0.1) is 0 Å². The van der Waals surface area contributed by atoms with Crippen molar-refractivity contribution in [1.82, 2.24) is 0 Å². The number of ether oxygens (including phenoxy) is 2. The second-order valence-corrected chi connectivity index (χ2v) is 4.20. The van der Waals surface area contributed by atoms with Crippen LogP contribution in [0.4, 0.5) is 11.4 Å². The largest absolute Gasteiger partial charge is 0.465 e. The van der Waals surface area contributed by atoms with Gasteiger partial charge in [-0.1, -0.05) is 0 Å². The number of anilines is 2. The molecule has 1 aliphatic heterocycles. The molecule has 6 heteroatoms. The number of methoxy groups -OCH3 is 1. The summed E-state index contributed by atoms with van der Waals surface area (Å²) >= 11 is 0. The van der Waals surface area contributed by atoms with Crippen molar-refractivity contribution in [2.45, 2.75) is 6.10 Å². The average Bonchev–Trinajstić information content (AvgIpc) is 2.47. The molecule has 19 heavy (non-hydrogen) atoms. The van der Waals surface area contributed by atoms with Crippen molar-refractivity contribution in [3.05, 3.63) is 23.8 Å². The molecule has 1 fully saturated rings. The highest BCUT2D eigenvalue weighted by atomic mass is 16.5. The van der Waals surface area contributed by atoms with E-state index in [9.17, 15) is 4.79 Å². The lowest BCUT2D eigenvalue weighted by molar-refractivity contribution is 0.0602. The van der Waals surface area contributed by atoms with E-state index < -0.39 is 12.1 Å². The van der Waals surface area contributed by atoms with E-state index in [2.05, 4.69) is 10.8 Å². The Kier molecular flexibility index (Phi) is 3.88. The number of nitrogens with two attached hydrogens (primary N) is 1. The molecule has 0 spiro atoms. The molecule has 100 valence electrons. The van der Waals surface area contributed by atoms with Crippen molar-refractivity contribution in [2.75, 3.05) is 37.4 Å². The predicted molar refractivity (Wildman–Crippen MR) is 69.8 cm³/mol. The average molecular weight is 261 g/mol. The first-order valence-electron chi connectivity index (χ1n) is 5.89. The Balaban J connectivity index is 2.25. The fourth-order valence-electron chi connectivity index (χ4n) is 1.99. The number of hydrogen-bond acceptors (Lipinski definition) is 6. The minimum Gasteiger partial charge on any atom is -0.465 e. The van der Waals surface area contributed by atoms with E-state index in [-0.39, 0.29) is 0 Å². The monoisotopic (exact) mass is 261 g/mol. The van der Waals surface area contributed by atoms with Gasteiger partial charge < -0.3 is 20.1 Å². The third kappa shape index (κ3) is 2.77. The first-order chi connectivity index (χ1) is 9.15. The normalized spacial score (nSPS) is 18.7. The van der Waals surface area contributed by atoms with E-state index in [1.807, 2.05) is 11.0 Å². The van der Waals surface area contributed by atoms with Gasteiger partial charge in [0.05, 0.1) is 31.9 Å². The van der Waals surface area contributed by atoms with Gasteiger partial charge in [0.2, 0.25) is 0 Å². The fraction of sp³-hybridized carbons (Fsp3) is 0.385. The zero-order valence-corrected chi connectivity index (χ0v) is 10.6. The maximum Gasteiger partial charge on any atom is 0.340 e. The summed E-state index contributed by atoms with van der Waals surface area (Å²) in [7, 11) is 1.31. The van der Waals surface area contributed by atoms with Gasteiger partial charge in [-0.05, 0) is 18.2 Å². The van der Waals surface area contributed by atoms with Crippen LogP contribution in [-0.4, -0.2) is 38.9 Å². The first-order valence-corrected chi connectivity index (χ1v) is 5.89. The Labute approximate surface area is 111 Å². The van der Waals surface area contributed by atoms with Crippen molar-refractivity contribution in [1.29, 1.82) is 5.26 Å². The minimum atomic E-state index is -0.468. The number of carbonyl (C=O) groups is 1. The van der Waals surface area contributed by atoms with Gasteiger partial charge in [-0.25, -0.2) is 4.79 Å². The number of benzene rings is 1. The third-order valence-electron chi connectivity index (χ3n) is 3.02. The standard InChI is InChI=1S/C13H15N3O3/c1-18-13(17)11-6-9(2-3-12(11)15)16-4-5-19-10(7-14)8-16/h2-3,6,10H,4-5,8,15H2,1H3. The van der Waals surface area contributed by atoms with Crippen LogP contribution in [0.3, 0.4) is 0 Å². The summed E-state index contributed by atoms with van der Waals surface area (Å²) in [6.07, 6.45) is -0.451. The number of hydrogen-bond donors (Lipinski definition) is 1. The highest BCUT2D eigenvalue weighted by Gasteiger charge is 2.21. The van der Waals surface area contributed by atoms with Crippen LogP contribution < -0.4 is 10.6 Å². The zero-order chi connectivity index (χ0) is 13.8. The van der Waals surface area contributed by atoms with Gasteiger partial charge in [-0.2, -0.15) is 5.26 Å². The summed E-state index contributed by atoms with van der Waals surface area (Å²) in [5.41, 5.74) is 7.29. The first kappa shape index (κ1) is 13.2. The Morgan fingerprint density at radius 3 is 3.11 bits per heavy atom. The van der Waals surface area contributed by atoms with E-state index in [0.29, 0.717) is 30.9 Å². The van der Waals surface area contributed by atoms with Crippen LogP contribution in [-0.2, 0) is 9.47 Å². The Hall–Kier alpha value is -2.26. The molecule has 1 atom stereocenters. The minimum absolute atomic E-state index is 0.333. The van der Waals surface area contributed by atoms with Crippen LogP contribution in [0.1, 0.15) is 10.4 Å². The topological polar surface area (TPSA) is 88.6 Å². The molecule has 0 bridgehead atoms. The van der Waals surface area contributed by atoms with Gasteiger partial charge in [0.1, 0.15) is 0 Å². The van der Waals surface area contributed by atoms with E-state index in [4.69, 9.17) is 15.7 Å². The van der Waals surface area contributed by atoms with E-state index >= 15 is 0 Å². The highest BCUT2D eigenvalue weighted by Crippen LogP contribution is 2.23. The summed E-state index contributed by atoms with van der Waals surface area (Å²) in [6.45, 7) is 1.62. The van der Waals surface area contributed by atoms with E-state index in [1.165, 1.54) is 7.11 Å². The number of nitriles is 1. The highest BCUT2D eigenvalue weighted by molar-refractivity contribution is 5.96. The SMILES string of the molecule is COC(=O)c1cc(N2CCOC(C#N)C2)ccc1N. The summed E-state index contributed by atoms with van der Waals surface area (Å²) in [5.74, 6) is -0.468. The van der Waals surface area contributed by atoms with Gasteiger partial charge >= 0.3 is 5.97 Å². The Bertz CT molecular complexity index is 524. The number of nitrogens with zero attached hydrogens (tertiary/aromatic N) is 2. The maximum atomic E-state index is 11.6. The Morgan fingerprint density at radius 1 is 1.63 bits per heavy atom. The lowest BCUT2D eigenvalue weighted by atomic mass is 10.1. The van der Waals surface area contributed by atoms with Crippen molar-refractivity contribution in [3.8, 4) is 6.07 Å². The molecule has 1 aliphatic rings. The maximum absolute atomic E-state index is 11.6. The quantitative estimate of drug-likeness (QED) is 0.625. The van der Waals surface area contributed by atoms with Gasteiger partial charge in [0, 0.05) is 17.9 Å². The van der Waals surface area contributed by atoms with Crippen molar-refractivity contribution < 1.29 is 14.3 Å². The van der Waals surface area contributed by atoms with Gasteiger partial charge in [0.25, 0.3) is 0 Å². The molecule has 0 aromatic heterocycles. The molecule has 1 saturated heterocycles. The molecule has 1 heterocycles. The summed E-state index contributed by atoms with van der Waals surface area (Å²) in [5, 5.41) is 8.88. The summed E-state index contributed by atoms with van der Waals surface area (Å²) in [4.78, 5) is 13.6. The number of esters is 1. The molecule has 0 aliphatic carbocycles. The van der Waals surface area contributed by atoms with E-state index in [0.717, 1.165) is 5.69 Å². The third-order valence-corrected chi connectivity index (χ3v) is 3.02. The van der Waals surface area contributed by atoms with Gasteiger partial charge in [0.15, 0.2) is 6.10 Å². The van der Waals surface area contributed by atoms with Crippen molar-refractivity contribution in [2.24, 2.45) is 0 Å². The summed E-state index contributed by atoms with van der Waals surface area (Å²) in [6, 6.07) is 7.25. The molecular weight excluding hydrogens is 246 g/mol. The zero-order valence-electron chi connectivity index (χ0n) is 10.6. The Morgan fingerprint density at radius 2 is 2.42 bits per heavy atom. The molecule has 0 radical (unpaired) electrons. The van der Waals surface area contributed by atoms with Crippen LogP contribution in [0.15, 0.2) is 18.2 Å². The molecule has 1 unspecified atom stereocenters. The molecule has 1 aromatic carbocycles. The number of rotatable bonds is 2. The molecule has 1 aromatic rings. The van der Waals surface area contributed by atoms with Crippen LogP contribution in [0, 0.1) is 11.3 Å². The molecule has 2 N–H and O–H groups in total. The van der Waals surface area contributed by atoms with Crippen molar-refractivity contribution in [3.63, 3.8) is 0 Å². The second-order valence-electron chi connectivity index (χ2n) is 4.20. The van der Waals surface area contributed by atoms with Crippen LogP contribution >= 0.6 is 0 Å². The second kappa shape index (κ2) is 5.59. The predicted octanol–water partition coefficient (Wildman–Crippen LogP) is 0.784. The molecule has 2 rings (SSSR count). The van der Waals surface area contributed by atoms with E-state index in [1.54, 1.807) is 12.1 Å². The van der Waals surface area contributed by atoms with Crippen LogP contribution in [0.5, 0.6) is 0 Å². The van der Waals surface area contributed by atoms with Crippen molar-refractivity contribution >= 4 is 17.3 Å². The number of nitrogen functional groups attached to an aromatic ring is 1. The van der Waals surface area contributed by atoms with Crippen LogP contribution in [0.25, 0.3) is 0 Å². The van der Waals surface area contributed by atoms with Crippen LogP contribution in [0.2, 0.25) is 0 Å².